The molecule has 4 nitrogen and oxygen atoms in total. The SMILES string of the molecule is Cc1[nH]c2ccccc2c1C=NNC(=O)Cc1cccs1. The number of thiophene rings is 1. The first kappa shape index (κ1) is 13.6. The molecule has 0 saturated carbocycles. The standard InChI is InChI=1S/C16H15N3OS/c1-11-14(13-6-2-3-7-15(13)18-11)10-17-19-16(20)9-12-5-4-8-21-12/h2-8,10,18H,9H2,1H3,(H,19,20). The van der Waals surface area contributed by atoms with Crippen LogP contribution in [0.25, 0.3) is 10.9 Å². The van der Waals surface area contributed by atoms with Gasteiger partial charge in [0.1, 0.15) is 0 Å². The van der Waals surface area contributed by atoms with Crippen LogP contribution in [0, 0.1) is 6.92 Å². The number of rotatable bonds is 4. The minimum atomic E-state index is -0.105. The Morgan fingerprint density at radius 2 is 2.19 bits per heavy atom. The normalized spacial score (nSPS) is 11.3. The van der Waals surface area contributed by atoms with Gasteiger partial charge in [0.25, 0.3) is 0 Å². The minimum Gasteiger partial charge on any atom is -0.358 e. The maximum Gasteiger partial charge on any atom is 0.245 e. The summed E-state index contributed by atoms with van der Waals surface area (Å²) in [5.74, 6) is -0.105. The van der Waals surface area contributed by atoms with E-state index in [1.807, 2.05) is 48.7 Å². The van der Waals surface area contributed by atoms with Crippen LogP contribution < -0.4 is 5.43 Å². The second kappa shape index (κ2) is 5.93. The van der Waals surface area contributed by atoms with E-state index in [1.54, 1.807) is 17.6 Å². The number of H-pyrrole nitrogens is 1. The molecule has 2 N–H and O–H groups in total. The molecule has 0 radical (unpaired) electrons. The van der Waals surface area contributed by atoms with Gasteiger partial charge < -0.3 is 4.98 Å². The number of carbonyl (C=O) groups is 1. The van der Waals surface area contributed by atoms with Gasteiger partial charge in [-0.25, -0.2) is 5.43 Å². The van der Waals surface area contributed by atoms with E-state index in [1.165, 1.54) is 0 Å². The number of amides is 1. The van der Waals surface area contributed by atoms with Crippen LogP contribution in [0.4, 0.5) is 0 Å². The zero-order valence-corrected chi connectivity index (χ0v) is 12.4. The lowest BCUT2D eigenvalue weighted by Gasteiger charge is -1.97. The van der Waals surface area contributed by atoms with Crippen molar-refractivity contribution in [3.8, 4) is 0 Å². The molecular weight excluding hydrogens is 282 g/mol. The summed E-state index contributed by atoms with van der Waals surface area (Å²) in [4.78, 5) is 16.1. The van der Waals surface area contributed by atoms with Crippen molar-refractivity contribution in [1.82, 2.24) is 10.4 Å². The molecule has 0 fully saturated rings. The fraction of sp³-hybridized carbons (Fsp3) is 0.125. The quantitative estimate of drug-likeness (QED) is 0.564. The van der Waals surface area contributed by atoms with Gasteiger partial charge in [0.2, 0.25) is 5.91 Å². The monoisotopic (exact) mass is 297 g/mol. The molecule has 0 aliphatic heterocycles. The summed E-state index contributed by atoms with van der Waals surface area (Å²) in [5, 5.41) is 7.13. The number of nitrogens with one attached hydrogen (secondary N) is 2. The lowest BCUT2D eigenvalue weighted by atomic mass is 10.1. The molecule has 3 rings (SSSR count). The van der Waals surface area contributed by atoms with E-state index >= 15 is 0 Å². The number of nitrogens with zero attached hydrogens (tertiary/aromatic N) is 1. The predicted octanol–water partition coefficient (Wildman–Crippen LogP) is 3.23. The van der Waals surface area contributed by atoms with Gasteiger partial charge in [0.15, 0.2) is 0 Å². The molecule has 106 valence electrons. The van der Waals surface area contributed by atoms with Crippen LogP contribution in [0.15, 0.2) is 46.9 Å². The molecule has 0 atom stereocenters. The lowest BCUT2D eigenvalue weighted by molar-refractivity contribution is -0.120. The number of aromatic nitrogens is 1. The van der Waals surface area contributed by atoms with Crippen molar-refractivity contribution in [2.24, 2.45) is 5.10 Å². The first-order valence-electron chi connectivity index (χ1n) is 6.65. The zero-order chi connectivity index (χ0) is 14.7. The summed E-state index contributed by atoms with van der Waals surface area (Å²) in [7, 11) is 0. The number of fused-ring (bicyclic) bond motifs is 1. The fourth-order valence-electron chi connectivity index (χ4n) is 2.24. The highest BCUT2D eigenvalue weighted by Gasteiger charge is 2.06. The average Bonchev–Trinajstić information content (AvgIpc) is 3.07. The van der Waals surface area contributed by atoms with Crippen LogP contribution in [0.2, 0.25) is 0 Å². The Balaban J connectivity index is 1.70. The van der Waals surface area contributed by atoms with Crippen LogP contribution in [0.5, 0.6) is 0 Å². The smallest absolute Gasteiger partial charge is 0.245 e. The first-order valence-corrected chi connectivity index (χ1v) is 7.53. The van der Waals surface area contributed by atoms with E-state index in [4.69, 9.17) is 0 Å². The third-order valence-corrected chi connectivity index (χ3v) is 4.12. The first-order chi connectivity index (χ1) is 10.2. The Bertz CT molecular complexity index is 787. The highest BCUT2D eigenvalue weighted by atomic mass is 32.1. The van der Waals surface area contributed by atoms with Crippen molar-refractivity contribution in [2.75, 3.05) is 0 Å². The predicted molar refractivity (Wildman–Crippen MR) is 86.8 cm³/mol. The topological polar surface area (TPSA) is 57.2 Å². The average molecular weight is 297 g/mol. The molecular formula is C16H15N3OS. The lowest BCUT2D eigenvalue weighted by Crippen LogP contribution is -2.19. The number of hydrogen-bond acceptors (Lipinski definition) is 3. The maximum absolute atomic E-state index is 11.8. The van der Waals surface area contributed by atoms with E-state index in [9.17, 15) is 4.79 Å². The molecule has 1 aromatic carbocycles. The molecule has 3 aromatic rings. The summed E-state index contributed by atoms with van der Waals surface area (Å²) in [5.41, 5.74) is 5.68. The van der Waals surface area contributed by atoms with E-state index in [-0.39, 0.29) is 5.91 Å². The van der Waals surface area contributed by atoms with Crippen LogP contribution in [-0.2, 0) is 11.2 Å². The number of aromatic amines is 1. The molecule has 0 bridgehead atoms. The fourth-order valence-corrected chi connectivity index (χ4v) is 2.95. The van der Waals surface area contributed by atoms with Crippen LogP contribution in [0.3, 0.4) is 0 Å². The van der Waals surface area contributed by atoms with Gasteiger partial charge in [-0.1, -0.05) is 24.3 Å². The molecule has 2 heterocycles. The largest absolute Gasteiger partial charge is 0.358 e. The molecule has 2 aromatic heterocycles. The van der Waals surface area contributed by atoms with Gasteiger partial charge in [0.05, 0.1) is 12.6 Å². The molecule has 0 unspecified atom stereocenters. The Labute approximate surface area is 126 Å². The Hall–Kier alpha value is -2.40. The van der Waals surface area contributed by atoms with Gasteiger partial charge in [-0.3, -0.25) is 4.79 Å². The number of carbonyl (C=O) groups excluding carboxylic acids is 1. The number of para-hydroxylation sites is 1. The molecule has 0 aliphatic rings. The maximum atomic E-state index is 11.8. The van der Waals surface area contributed by atoms with E-state index in [2.05, 4.69) is 15.5 Å². The molecule has 1 amide bonds. The molecule has 0 spiro atoms. The minimum absolute atomic E-state index is 0.105. The van der Waals surface area contributed by atoms with Gasteiger partial charge in [-0.2, -0.15) is 5.10 Å². The summed E-state index contributed by atoms with van der Waals surface area (Å²) in [6.07, 6.45) is 2.06. The van der Waals surface area contributed by atoms with E-state index in [0.717, 1.165) is 27.0 Å². The van der Waals surface area contributed by atoms with Crippen LogP contribution >= 0.6 is 11.3 Å². The van der Waals surface area contributed by atoms with Crippen molar-refractivity contribution in [2.45, 2.75) is 13.3 Å². The summed E-state index contributed by atoms with van der Waals surface area (Å²) in [6, 6.07) is 11.9. The third-order valence-electron chi connectivity index (χ3n) is 3.24. The van der Waals surface area contributed by atoms with Crippen molar-refractivity contribution < 1.29 is 4.79 Å². The second-order valence-corrected chi connectivity index (χ2v) is 5.79. The Kier molecular flexibility index (Phi) is 3.83. The van der Waals surface area contributed by atoms with Crippen molar-refractivity contribution in [3.63, 3.8) is 0 Å². The Morgan fingerprint density at radius 1 is 1.33 bits per heavy atom. The zero-order valence-electron chi connectivity index (χ0n) is 11.6. The van der Waals surface area contributed by atoms with Crippen LogP contribution in [-0.4, -0.2) is 17.1 Å². The second-order valence-electron chi connectivity index (χ2n) is 4.76. The number of aryl methyl sites for hydroxylation is 1. The Morgan fingerprint density at radius 3 is 3.00 bits per heavy atom. The van der Waals surface area contributed by atoms with Crippen molar-refractivity contribution >= 4 is 34.4 Å². The van der Waals surface area contributed by atoms with Crippen molar-refractivity contribution in [1.29, 1.82) is 0 Å². The highest BCUT2D eigenvalue weighted by Crippen LogP contribution is 2.19. The number of hydrogen-bond donors (Lipinski definition) is 2. The van der Waals surface area contributed by atoms with E-state index in [0.29, 0.717) is 6.42 Å². The molecule has 0 saturated heterocycles. The number of benzene rings is 1. The highest BCUT2D eigenvalue weighted by molar-refractivity contribution is 7.10. The molecule has 0 aliphatic carbocycles. The van der Waals surface area contributed by atoms with Crippen molar-refractivity contribution in [3.05, 3.63) is 57.9 Å². The summed E-state index contributed by atoms with van der Waals surface area (Å²) < 4.78 is 0. The van der Waals surface area contributed by atoms with Gasteiger partial charge in [-0.05, 0) is 24.4 Å². The van der Waals surface area contributed by atoms with Gasteiger partial charge in [-0.15, -0.1) is 11.3 Å². The molecule has 5 heteroatoms. The summed E-state index contributed by atoms with van der Waals surface area (Å²) >= 11 is 1.57. The number of hydrazone groups is 1. The van der Waals surface area contributed by atoms with Gasteiger partial charge >= 0.3 is 0 Å². The summed E-state index contributed by atoms with van der Waals surface area (Å²) in [6.45, 7) is 1.99. The third kappa shape index (κ3) is 3.03. The van der Waals surface area contributed by atoms with Gasteiger partial charge in [0, 0.05) is 27.0 Å². The van der Waals surface area contributed by atoms with Crippen LogP contribution in [0.1, 0.15) is 16.1 Å². The molecule has 21 heavy (non-hydrogen) atoms. The van der Waals surface area contributed by atoms with E-state index < -0.39 is 0 Å².